The maximum Gasteiger partial charge on any atom is 0.321 e. The van der Waals surface area contributed by atoms with E-state index in [1.807, 2.05) is 24.3 Å². The molecule has 0 spiro atoms. The summed E-state index contributed by atoms with van der Waals surface area (Å²) < 4.78 is 0. The summed E-state index contributed by atoms with van der Waals surface area (Å²) in [4.78, 5) is 27.1. The fraction of sp³-hybridized carbons (Fsp3) is 0.467. The molecule has 22 heavy (non-hydrogen) atoms. The van der Waals surface area contributed by atoms with Crippen molar-refractivity contribution in [3.05, 3.63) is 34.9 Å². The van der Waals surface area contributed by atoms with Crippen LogP contribution in [0.4, 0.5) is 4.79 Å². The van der Waals surface area contributed by atoms with Crippen molar-refractivity contribution in [2.75, 3.05) is 39.8 Å². The highest BCUT2D eigenvalue weighted by Gasteiger charge is 2.19. The molecule has 7 heteroatoms. The average molecular weight is 325 g/mol. The van der Waals surface area contributed by atoms with Crippen LogP contribution in [0, 0.1) is 0 Å². The fourth-order valence-corrected chi connectivity index (χ4v) is 2.51. The first-order valence-electron chi connectivity index (χ1n) is 7.27. The summed E-state index contributed by atoms with van der Waals surface area (Å²) >= 11 is 5.88. The van der Waals surface area contributed by atoms with Crippen molar-refractivity contribution in [3.8, 4) is 0 Å². The van der Waals surface area contributed by atoms with Crippen LogP contribution in [0.3, 0.4) is 0 Å². The van der Waals surface area contributed by atoms with Crippen LogP contribution in [0.1, 0.15) is 5.56 Å². The topological polar surface area (TPSA) is 64.7 Å². The second kappa shape index (κ2) is 8.12. The predicted octanol–water partition coefficient (Wildman–Crippen LogP) is 0.913. The molecule has 120 valence electrons. The summed E-state index contributed by atoms with van der Waals surface area (Å²) in [5, 5.41) is 5.39. The highest BCUT2D eigenvalue weighted by atomic mass is 35.5. The number of carbonyl (C=O) groups is 2. The van der Waals surface area contributed by atoms with Crippen molar-refractivity contribution >= 4 is 23.5 Å². The second-order valence-electron chi connectivity index (χ2n) is 5.31. The molecule has 0 aliphatic carbocycles. The molecule has 2 rings (SSSR count). The van der Waals surface area contributed by atoms with Crippen LogP contribution in [-0.2, 0) is 11.3 Å². The molecule has 1 aromatic carbocycles. The van der Waals surface area contributed by atoms with Gasteiger partial charge in [0.15, 0.2) is 0 Å². The molecule has 1 heterocycles. The Kier molecular flexibility index (Phi) is 6.18. The SMILES string of the molecule is CNC(=O)NC(=O)CN1CCN(Cc2ccc(Cl)cc2)CC1. The van der Waals surface area contributed by atoms with E-state index < -0.39 is 6.03 Å². The number of rotatable bonds is 4. The third-order valence-electron chi connectivity index (χ3n) is 3.63. The first-order chi connectivity index (χ1) is 10.6. The molecule has 1 aromatic rings. The number of hydrogen-bond donors (Lipinski definition) is 2. The fourth-order valence-electron chi connectivity index (χ4n) is 2.39. The molecule has 1 aliphatic rings. The molecule has 1 fully saturated rings. The Balaban J connectivity index is 1.72. The van der Waals surface area contributed by atoms with Gasteiger partial charge in [0, 0.05) is 44.8 Å². The number of urea groups is 1. The van der Waals surface area contributed by atoms with Gasteiger partial charge in [-0.2, -0.15) is 0 Å². The minimum atomic E-state index is -0.466. The van der Waals surface area contributed by atoms with E-state index in [0.29, 0.717) is 0 Å². The standard InChI is InChI=1S/C15H21ClN4O2/c1-17-15(22)18-14(21)11-20-8-6-19(7-9-20)10-12-2-4-13(16)5-3-12/h2-5H,6-11H2,1H3,(H2,17,18,21,22). The van der Waals surface area contributed by atoms with Gasteiger partial charge in [-0.3, -0.25) is 19.9 Å². The van der Waals surface area contributed by atoms with E-state index in [4.69, 9.17) is 11.6 Å². The van der Waals surface area contributed by atoms with Crippen LogP contribution < -0.4 is 10.6 Å². The van der Waals surface area contributed by atoms with Crippen molar-refractivity contribution in [3.63, 3.8) is 0 Å². The van der Waals surface area contributed by atoms with Crippen molar-refractivity contribution < 1.29 is 9.59 Å². The quantitative estimate of drug-likeness (QED) is 0.864. The lowest BCUT2D eigenvalue weighted by atomic mass is 10.2. The van der Waals surface area contributed by atoms with E-state index in [1.54, 1.807) is 0 Å². The van der Waals surface area contributed by atoms with E-state index >= 15 is 0 Å². The van der Waals surface area contributed by atoms with Crippen LogP contribution in [0.15, 0.2) is 24.3 Å². The molecule has 2 N–H and O–H groups in total. The van der Waals surface area contributed by atoms with Crippen LogP contribution in [0.2, 0.25) is 5.02 Å². The minimum absolute atomic E-state index is 0.252. The number of amides is 3. The molecule has 0 aromatic heterocycles. The Morgan fingerprint density at radius 1 is 1.09 bits per heavy atom. The van der Waals surface area contributed by atoms with Crippen LogP contribution in [-0.4, -0.2) is 61.5 Å². The number of piperazine rings is 1. The molecule has 0 atom stereocenters. The zero-order valence-corrected chi connectivity index (χ0v) is 13.4. The van der Waals surface area contributed by atoms with Crippen molar-refractivity contribution in [2.45, 2.75) is 6.54 Å². The Morgan fingerprint density at radius 3 is 2.27 bits per heavy atom. The predicted molar refractivity (Wildman–Crippen MR) is 85.8 cm³/mol. The van der Waals surface area contributed by atoms with Crippen LogP contribution >= 0.6 is 11.6 Å². The van der Waals surface area contributed by atoms with Gasteiger partial charge in [-0.15, -0.1) is 0 Å². The van der Waals surface area contributed by atoms with Crippen molar-refractivity contribution in [1.29, 1.82) is 0 Å². The molecule has 0 radical (unpaired) electrons. The van der Waals surface area contributed by atoms with Gasteiger partial charge in [0.1, 0.15) is 0 Å². The van der Waals surface area contributed by atoms with Crippen LogP contribution in [0.5, 0.6) is 0 Å². The molecule has 0 bridgehead atoms. The van der Waals surface area contributed by atoms with Crippen LogP contribution in [0.25, 0.3) is 0 Å². The Labute approximate surface area is 135 Å². The van der Waals surface area contributed by atoms with Crippen molar-refractivity contribution in [2.24, 2.45) is 0 Å². The number of imide groups is 1. The highest BCUT2D eigenvalue weighted by molar-refractivity contribution is 6.30. The summed E-state index contributed by atoms with van der Waals surface area (Å²) in [5.74, 6) is -0.273. The van der Waals surface area contributed by atoms with E-state index in [1.165, 1.54) is 12.6 Å². The monoisotopic (exact) mass is 324 g/mol. The first-order valence-corrected chi connectivity index (χ1v) is 7.65. The smallest absolute Gasteiger partial charge is 0.321 e. The van der Waals surface area contributed by atoms with Gasteiger partial charge >= 0.3 is 6.03 Å². The van der Waals surface area contributed by atoms with Gasteiger partial charge in [0.05, 0.1) is 6.54 Å². The van der Waals surface area contributed by atoms with Gasteiger partial charge in [0.25, 0.3) is 0 Å². The summed E-state index contributed by atoms with van der Waals surface area (Å²) in [6.07, 6.45) is 0. The van der Waals surface area contributed by atoms with E-state index in [-0.39, 0.29) is 12.5 Å². The first kappa shape index (κ1) is 16.7. The number of nitrogens with zero attached hydrogens (tertiary/aromatic N) is 2. The van der Waals surface area contributed by atoms with E-state index in [9.17, 15) is 9.59 Å². The summed E-state index contributed by atoms with van der Waals surface area (Å²) in [6, 6.07) is 7.40. The third kappa shape index (κ3) is 5.29. The molecule has 1 aliphatic heterocycles. The van der Waals surface area contributed by atoms with Gasteiger partial charge in [-0.05, 0) is 17.7 Å². The van der Waals surface area contributed by atoms with Crippen molar-refractivity contribution in [1.82, 2.24) is 20.4 Å². The molecule has 0 saturated carbocycles. The number of carbonyl (C=O) groups excluding carboxylic acids is 2. The lowest BCUT2D eigenvalue weighted by Gasteiger charge is -2.34. The van der Waals surface area contributed by atoms with Gasteiger partial charge in [0.2, 0.25) is 5.91 Å². The average Bonchev–Trinajstić information content (AvgIpc) is 2.51. The second-order valence-corrected chi connectivity index (χ2v) is 5.74. The normalized spacial score (nSPS) is 16.3. The zero-order chi connectivity index (χ0) is 15.9. The van der Waals surface area contributed by atoms with E-state index in [2.05, 4.69) is 20.4 Å². The number of benzene rings is 1. The summed E-state index contributed by atoms with van der Waals surface area (Å²) in [6.45, 7) is 4.56. The van der Waals surface area contributed by atoms with Gasteiger partial charge in [-0.1, -0.05) is 23.7 Å². The highest BCUT2D eigenvalue weighted by Crippen LogP contribution is 2.12. The Morgan fingerprint density at radius 2 is 1.68 bits per heavy atom. The van der Waals surface area contributed by atoms with Gasteiger partial charge in [-0.25, -0.2) is 4.79 Å². The lowest BCUT2D eigenvalue weighted by Crippen LogP contribution is -2.50. The zero-order valence-electron chi connectivity index (χ0n) is 12.6. The maximum atomic E-state index is 11.6. The Bertz CT molecular complexity index is 513. The molecule has 3 amide bonds. The Hall–Kier alpha value is -1.63. The lowest BCUT2D eigenvalue weighted by molar-refractivity contribution is -0.121. The molecule has 1 saturated heterocycles. The summed E-state index contributed by atoms with van der Waals surface area (Å²) in [5.41, 5.74) is 1.23. The van der Waals surface area contributed by atoms with Gasteiger partial charge < -0.3 is 5.32 Å². The molecular formula is C15H21ClN4O2. The number of hydrogen-bond acceptors (Lipinski definition) is 4. The number of nitrogens with one attached hydrogen (secondary N) is 2. The number of halogens is 1. The maximum absolute atomic E-state index is 11.6. The summed E-state index contributed by atoms with van der Waals surface area (Å²) in [7, 11) is 1.48. The largest absolute Gasteiger partial charge is 0.341 e. The third-order valence-corrected chi connectivity index (χ3v) is 3.88. The molecule has 6 nitrogen and oxygen atoms in total. The minimum Gasteiger partial charge on any atom is -0.341 e. The van der Waals surface area contributed by atoms with E-state index in [0.717, 1.165) is 37.7 Å². The molecular weight excluding hydrogens is 304 g/mol. The molecule has 0 unspecified atom stereocenters.